The van der Waals surface area contributed by atoms with Gasteiger partial charge in [-0.1, -0.05) is 11.6 Å². The van der Waals surface area contributed by atoms with Crippen molar-refractivity contribution < 1.29 is 27.4 Å². The first-order valence-corrected chi connectivity index (χ1v) is 13.6. The van der Waals surface area contributed by atoms with E-state index in [1.54, 1.807) is 7.11 Å². The van der Waals surface area contributed by atoms with E-state index >= 15 is 0 Å². The Kier molecular flexibility index (Phi) is 8.60. The third kappa shape index (κ3) is 5.50. The maximum Gasteiger partial charge on any atom is 0.245 e. The fourth-order valence-electron chi connectivity index (χ4n) is 4.43. The van der Waals surface area contributed by atoms with E-state index in [1.165, 1.54) is 51.5 Å². The Labute approximate surface area is 225 Å². The second-order valence-electron chi connectivity index (χ2n) is 8.59. The molecule has 16 heteroatoms. The van der Waals surface area contributed by atoms with Gasteiger partial charge in [-0.2, -0.15) is 9.97 Å². The van der Waals surface area contributed by atoms with Gasteiger partial charge in [0.05, 0.1) is 25.3 Å². The average Bonchev–Trinajstić information content (AvgIpc) is 3.56. The number of nitrogens with zero attached hydrogens (tertiary/aromatic N) is 7. The predicted molar refractivity (Wildman–Crippen MR) is 136 cm³/mol. The van der Waals surface area contributed by atoms with E-state index in [-0.39, 0.29) is 41.2 Å². The number of nitrogens with one attached hydrogen (secondary N) is 1. The molecule has 1 aliphatic rings. The van der Waals surface area contributed by atoms with Gasteiger partial charge in [-0.15, -0.1) is 10.2 Å². The third-order valence-electron chi connectivity index (χ3n) is 6.43. The highest BCUT2D eigenvalue weighted by Gasteiger charge is 2.37. The number of sulfonamides is 1. The molecule has 0 spiro atoms. The molecule has 3 aromatic heterocycles. The van der Waals surface area contributed by atoms with Crippen LogP contribution in [0.15, 0.2) is 18.7 Å². The summed E-state index contributed by atoms with van der Waals surface area (Å²) in [6.07, 6.45) is 5.33. The summed E-state index contributed by atoms with van der Waals surface area (Å²) < 4.78 is 53.2. The van der Waals surface area contributed by atoms with Crippen molar-refractivity contribution in [3.63, 3.8) is 0 Å². The summed E-state index contributed by atoms with van der Waals surface area (Å²) in [5.41, 5.74) is 0.257. The molecular formula is C22H29ClN8O6S. The molecule has 3 heterocycles. The first-order chi connectivity index (χ1) is 18.2. The van der Waals surface area contributed by atoms with E-state index in [0.717, 1.165) is 12.8 Å². The lowest BCUT2D eigenvalue weighted by Gasteiger charge is -2.23. The number of hydrogen-bond donors (Lipinski definition) is 1. The Morgan fingerprint density at radius 3 is 2.24 bits per heavy atom. The molecule has 4 unspecified atom stereocenters. The molecule has 0 radical (unpaired) electrons. The number of ether oxygens (including phenoxy) is 4. The van der Waals surface area contributed by atoms with Crippen molar-refractivity contribution in [1.82, 2.24) is 34.7 Å². The number of anilines is 1. The van der Waals surface area contributed by atoms with Gasteiger partial charge in [-0.05, 0) is 26.2 Å². The highest BCUT2D eigenvalue weighted by molar-refractivity contribution is 7.93. The third-order valence-corrected chi connectivity index (χ3v) is 8.32. The van der Waals surface area contributed by atoms with Crippen molar-refractivity contribution >= 4 is 27.6 Å². The molecule has 3 aromatic rings. The molecule has 1 saturated carbocycles. The first-order valence-electron chi connectivity index (χ1n) is 11.7. The molecule has 206 valence electrons. The monoisotopic (exact) mass is 568 g/mol. The minimum atomic E-state index is -4.14. The molecule has 4 rings (SSSR count). The van der Waals surface area contributed by atoms with Crippen molar-refractivity contribution in [2.24, 2.45) is 0 Å². The van der Waals surface area contributed by atoms with Crippen molar-refractivity contribution in [2.75, 3.05) is 33.2 Å². The van der Waals surface area contributed by atoms with Crippen LogP contribution in [0.4, 0.5) is 5.95 Å². The fourth-order valence-corrected chi connectivity index (χ4v) is 5.66. The quantitative estimate of drug-likeness (QED) is 0.359. The van der Waals surface area contributed by atoms with Crippen LogP contribution >= 0.6 is 11.6 Å². The molecule has 0 amide bonds. The van der Waals surface area contributed by atoms with Crippen LogP contribution in [0.2, 0.25) is 5.02 Å². The number of methoxy groups -OCH3 is 4. The lowest BCUT2D eigenvalue weighted by Crippen LogP contribution is -2.33. The van der Waals surface area contributed by atoms with Gasteiger partial charge in [0.15, 0.2) is 11.5 Å². The molecule has 0 aromatic carbocycles. The van der Waals surface area contributed by atoms with Crippen molar-refractivity contribution in [3.05, 3.63) is 35.4 Å². The Morgan fingerprint density at radius 2 is 1.68 bits per heavy atom. The minimum Gasteiger partial charge on any atom is -0.479 e. The molecular weight excluding hydrogens is 540 g/mol. The topological polar surface area (TPSA) is 165 Å². The number of aromatic nitrogens is 7. The van der Waals surface area contributed by atoms with Crippen LogP contribution < -0.4 is 14.2 Å². The van der Waals surface area contributed by atoms with Crippen molar-refractivity contribution in [1.29, 1.82) is 0 Å². The van der Waals surface area contributed by atoms with Gasteiger partial charge < -0.3 is 18.9 Å². The summed E-state index contributed by atoms with van der Waals surface area (Å²) in [5.74, 6) is 0.783. The number of hydrogen-bond acceptors (Lipinski definition) is 12. The Balaban J connectivity index is 1.78. The predicted octanol–water partition coefficient (Wildman–Crippen LogP) is 2.32. The standard InChI is InChI=1S/C22H29ClN8O6S/c1-12(17(35-3)18-24-9-14(23)10-25-18)38(32,33)30-22-29-28-19(13-6-7-15(8-13)34-2)31(22)16-20(36-4)26-11-27-21(16)37-5/h9-13,15,17H,6-8H2,1-5H3,(H,29,30). The molecule has 14 nitrogen and oxygen atoms in total. The van der Waals surface area contributed by atoms with Gasteiger partial charge in [0, 0.05) is 32.5 Å². The Morgan fingerprint density at radius 1 is 1.03 bits per heavy atom. The minimum absolute atomic E-state index is 0.0444. The van der Waals surface area contributed by atoms with Crippen LogP contribution in [-0.4, -0.2) is 82.9 Å². The maximum atomic E-state index is 13.6. The van der Waals surface area contributed by atoms with Gasteiger partial charge in [-0.3, -0.25) is 9.29 Å². The van der Waals surface area contributed by atoms with Crippen LogP contribution in [0.1, 0.15) is 49.9 Å². The SMILES string of the molecule is COc1ncnc(OC)c1-n1c(NS(=O)(=O)C(C)C(OC)c2ncc(Cl)cn2)nnc1C1CCC(OC)C1. The zero-order chi connectivity index (χ0) is 27.4. The fraction of sp³-hybridized carbons (Fsp3) is 0.545. The van der Waals surface area contributed by atoms with Gasteiger partial charge in [0.25, 0.3) is 0 Å². The smallest absolute Gasteiger partial charge is 0.245 e. The second-order valence-corrected chi connectivity index (χ2v) is 11.1. The van der Waals surface area contributed by atoms with Gasteiger partial charge in [0.2, 0.25) is 27.7 Å². The van der Waals surface area contributed by atoms with Gasteiger partial charge >= 0.3 is 0 Å². The van der Waals surface area contributed by atoms with Crippen LogP contribution in [0.3, 0.4) is 0 Å². The number of rotatable bonds is 11. The molecule has 0 saturated heterocycles. The average molecular weight is 569 g/mol. The van der Waals surface area contributed by atoms with E-state index < -0.39 is 21.4 Å². The lowest BCUT2D eigenvalue weighted by molar-refractivity contribution is 0.0950. The molecule has 4 atom stereocenters. The van der Waals surface area contributed by atoms with Crippen molar-refractivity contribution in [3.8, 4) is 17.4 Å². The maximum absolute atomic E-state index is 13.6. The zero-order valence-corrected chi connectivity index (χ0v) is 23.1. The summed E-state index contributed by atoms with van der Waals surface area (Å²) in [5, 5.41) is 7.74. The van der Waals surface area contributed by atoms with Crippen LogP contribution in [0, 0.1) is 0 Å². The summed E-state index contributed by atoms with van der Waals surface area (Å²) in [4.78, 5) is 16.6. The second kappa shape index (κ2) is 11.7. The van der Waals surface area contributed by atoms with E-state index in [4.69, 9.17) is 30.5 Å². The van der Waals surface area contributed by atoms with E-state index in [9.17, 15) is 8.42 Å². The van der Waals surface area contributed by atoms with Gasteiger partial charge in [-0.25, -0.2) is 18.4 Å². The first kappa shape index (κ1) is 27.9. The largest absolute Gasteiger partial charge is 0.479 e. The molecule has 1 N–H and O–H groups in total. The molecule has 1 fully saturated rings. The summed E-state index contributed by atoms with van der Waals surface area (Å²) in [7, 11) is 1.77. The molecule has 0 bridgehead atoms. The van der Waals surface area contributed by atoms with Crippen LogP contribution in [0.25, 0.3) is 5.69 Å². The molecule has 38 heavy (non-hydrogen) atoms. The number of halogens is 1. The molecule has 1 aliphatic carbocycles. The van der Waals surface area contributed by atoms with Crippen LogP contribution in [0.5, 0.6) is 11.8 Å². The lowest BCUT2D eigenvalue weighted by atomic mass is 10.1. The van der Waals surface area contributed by atoms with E-state index in [1.807, 2.05) is 0 Å². The van der Waals surface area contributed by atoms with Crippen LogP contribution in [-0.2, 0) is 19.5 Å². The molecule has 0 aliphatic heterocycles. The highest BCUT2D eigenvalue weighted by atomic mass is 35.5. The summed E-state index contributed by atoms with van der Waals surface area (Å²) in [6, 6.07) is 0. The summed E-state index contributed by atoms with van der Waals surface area (Å²) >= 11 is 5.88. The van der Waals surface area contributed by atoms with Crippen molar-refractivity contribution in [2.45, 2.75) is 49.6 Å². The highest BCUT2D eigenvalue weighted by Crippen LogP contribution is 2.40. The van der Waals surface area contributed by atoms with E-state index in [2.05, 4.69) is 34.9 Å². The zero-order valence-electron chi connectivity index (χ0n) is 21.5. The summed E-state index contributed by atoms with van der Waals surface area (Å²) in [6.45, 7) is 1.48. The van der Waals surface area contributed by atoms with E-state index in [0.29, 0.717) is 17.3 Å². The Bertz CT molecular complexity index is 1330. The van der Waals surface area contributed by atoms with Gasteiger partial charge in [0.1, 0.15) is 23.5 Å². The normalized spacial score (nSPS) is 19.2. The Hall–Kier alpha value is -3.14.